The molecule has 0 spiro atoms. The fourth-order valence-electron chi connectivity index (χ4n) is 1.28. The molecule has 0 unspecified atom stereocenters. The standard InChI is InChI=1S/C7H12N2O3/c1-7(6(10)11)2-4-9(8-12)5-3-7/h2-5H2,1H3,(H,10,11). The van der Waals surface area contributed by atoms with E-state index in [-0.39, 0.29) is 0 Å². The Morgan fingerprint density at radius 3 is 2.33 bits per heavy atom. The zero-order chi connectivity index (χ0) is 9.19. The summed E-state index contributed by atoms with van der Waals surface area (Å²) in [4.78, 5) is 20.8. The molecule has 0 aromatic heterocycles. The molecule has 0 atom stereocenters. The molecule has 5 heteroatoms. The maximum absolute atomic E-state index is 10.7. The molecule has 1 N–H and O–H groups in total. The highest BCUT2D eigenvalue weighted by Crippen LogP contribution is 2.30. The average molecular weight is 172 g/mol. The number of nitroso groups, excluding NO2 is 1. The van der Waals surface area contributed by atoms with Gasteiger partial charge in [0.2, 0.25) is 0 Å². The van der Waals surface area contributed by atoms with Crippen LogP contribution in [0.25, 0.3) is 0 Å². The van der Waals surface area contributed by atoms with E-state index in [1.54, 1.807) is 6.92 Å². The second-order valence-corrected chi connectivity index (χ2v) is 3.40. The van der Waals surface area contributed by atoms with Gasteiger partial charge in [0.25, 0.3) is 0 Å². The minimum absolute atomic E-state index is 0.451. The van der Waals surface area contributed by atoms with Crippen molar-refractivity contribution in [3.8, 4) is 0 Å². The molecule has 0 radical (unpaired) electrons. The zero-order valence-corrected chi connectivity index (χ0v) is 6.99. The Balaban J connectivity index is 2.55. The zero-order valence-electron chi connectivity index (χ0n) is 6.99. The second-order valence-electron chi connectivity index (χ2n) is 3.40. The van der Waals surface area contributed by atoms with Crippen LogP contribution >= 0.6 is 0 Å². The summed E-state index contributed by atoms with van der Waals surface area (Å²) in [6.45, 7) is 2.61. The average Bonchev–Trinajstić information content (AvgIpc) is 2.06. The van der Waals surface area contributed by atoms with Gasteiger partial charge < -0.3 is 5.11 Å². The topological polar surface area (TPSA) is 70.0 Å². The molecule has 68 valence electrons. The lowest BCUT2D eigenvalue weighted by Gasteiger charge is -2.32. The van der Waals surface area contributed by atoms with Crippen molar-refractivity contribution in [1.82, 2.24) is 5.01 Å². The number of nitrogens with zero attached hydrogens (tertiary/aromatic N) is 2. The first-order valence-corrected chi connectivity index (χ1v) is 3.90. The highest BCUT2D eigenvalue weighted by Gasteiger charge is 2.36. The SMILES string of the molecule is CC1(C(=O)O)CCN(N=O)CC1. The van der Waals surface area contributed by atoms with Crippen molar-refractivity contribution < 1.29 is 9.90 Å². The van der Waals surface area contributed by atoms with E-state index in [9.17, 15) is 9.70 Å². The van der Waals surface area contributed by atoms with Crippen molar-refractivity contribution in [1.29, 1.82) is 0 Å². The Kier molecular flexibility index (Phi) is 2.30. The monoisotopic (exact) mass is 172 g/mol. The first kappa shape index (κ1) is 8.96. The van der Waals surface area contributed by atoms with Gasteiger partial charge in [0.1, 0.15) is 0 Å². The molecular formula is C7H12N2O3. The summed E-state index contributed by atoms with van der Waals surface area (Å²) in [5.41, 5.74) is -0.665. The summed E-state index contributed by atoms with van der Waals surface area (Å²) in [7, 11) is 0. The number of hydrogen-bond acceptors (Lipinski definition) is 3. The van der Waals surface area contributed by atoms with Crippen molar-refractivity contribution in [3.05, 3.63) is 4.91 Å². The predicted molar refractivity (Wildman–Crippen MR) is 42.3 cm³/mol. The summed E-state index contributed by atoms with van der Waals surface area (Å²) in [6.07, 6.45) is 0.988. The summed E-state index contributed by atoms with van der Waals surface area (Å²) in [5.74, 6) is -0.784. The van der Waals surface area contributed by atoms with Gasteiger partial charge in [0.05, 0.1) is 10.7 Å². The van der Waals surface area contributed by atoms with Crippen molar-refractivity contribution in [2.24, 2.45) is 10.7 Å². The number of carboxylic acids is 1. The Morgan fingerprint density at radius 1 is 1.50 bits per heavy atom. The second kappa shape index (κ2) is 3.08. The number of rotatable bonds is 2. The first-order valence-electron chi connectivity index (χ1n) is 3.90. The first-order chi connectivity index (χ1) is 5.58. The lowest BCUT2D eigenvalue weighted by Crippen LogP contribution is -2.40. The van der Waals surface area contributed by atoms with Crippen LogP contribution in [0.15, 0.2) is 5.29 Å². The number of hydrogen-bond donors (Lipinski definition) is 1. The Labute approximate surface area is 70.3 Å². The number of aliphatic carboxylic acids is 1. The van der Waals surface area contributed by atoms with Crippen molar-refractivity contribution >= 4 is 5.97 Å². The van der Waals surface area contributed by atoms with E-state index in [0.717, 1.165) is 0 Å². The van der Waals surface area contributed by atoms with Crippen LogP contribution in [0.5, 0.6) is 0 Å². The van der Waals surface area contributed by atoms with E-state index in [1.807, 2.05) is 0 Å². The van der Waals surface area contributed by atoms with Gasteiger partial charge in [0.15, 0.2) is 0 Å². The van der Waals surface area contributed by atoms with Gasteiger partial charge in [-0.1, -0.05) is 0 Å². The van der Waals surface area contributed by atoms with Crippen LogP contribution in [0.2, 0.25) is 0 Å². The molecule has 0 aromatic carbocycles. The summed E-state index contributed by atoms with van der Waals surface area (Å²) in [5, 5.41) is 13.0. The molecule has 1 saturated heterocycles. The van der Waals surface area contributed by atoms with Gasteiger partial charge in [0, 0.05) is 13.1 Å². The van der Waals surface area contributed by atoms with Gasteiger partial charge in [-0.3, -0.25) is 9.80 Å². The summed E-state index contributed by atoms with van der Waals surface area (Å²) < 4.78 is 0. The van der Waals surface area contributed by atoms with Crippen LogP contribution in [0.1, 0.15) is 19.8 Å². The van der Waals surface area contributed by atoms with Gasteiger partial charge in [-0.05, 0) is 19.8 Å². The molecule has 5 nitrogen and oxygen atoms in total. The van der Waals surface area contributed by atoms with Crippen LogP contribution in [0.4, 0.5) is 0 Å². The van der Waals surface area contributed by atoms with E-state index in [2.05, 4.69) is 5.29 Å². The summed E-state index contributed by atoms with van der Waals surface area (Å²) >= 11 is 0. The van der Waals surface area contributed by atoms with Crippen LogP contribution in [0.3, 0.4) is 0 Å². The van der Waals surface area contributed by atoms with Crippen LogP contribution < -0.4 is 0 Å². The smallest absolute Gasteiger partial charge is 0.309 e. The molecule has 1 fully saturated rings. The third-order valence-corrected chi connectivity index (χ3v) is 2.48. The molecule has 12 heavy (non-hydrogen) atoms. The molecule has 0 aliphatic carbocycles. The highest BCUT2D eigenvalue weighted by atomic mass is 16.4. The molecule has 1 aliphatic rings. The Bertz CT molecular complexity index is 197. The molecule has 0 amide bonds. The molecule has 0 aromatic rings. The molecule has 1 aliphatic heterocycles. The predicted octanol–water partition coefficient (Wildman–Crippen LogP) is 0.854. The number of carbonyl (C=O) groups is 1. The number of piperidine rings is 1. The molecule has 1 heterocycles. The third kappa shape index (κ3) is 1.54. The highest BCUT2D eigenvalue weighted by molar-refractivity contribution is 5.74. The van der Waals surface area contributed by atoms with Gasteiger partial charge in [-0.2, -0.15) is 0 Å². The molecule has 0 saturated carbocycles. The molecule has 1 rings (SSSR count). The minimum atomic E-state index is -0.784. The van der Waals surface area contributed by atoms with E-state index in [4.69, 9.17) is 5.11 Å². The van der Waals surface area contributed by atoms with E-state index >= 15 is 0 Å². The van der Waals surface area contributed by atoms with Gasteiger partial charge >= 0.3 is 5.97 Å². The molecular weight excluding hydrogens is 160 g/mol. The Hall–Kier alpha value is -1.13. The maximum atomic E-state index is 10.7. The lowest BCUT2D eigenvalue weighted by molar-refractivity contribution is -0.150. The fraction of sp³-hybridized carbons (Fsp3) is 0.857. The quantitative estimate of drug-likeness (QED) is 0.627. The van der Waals surface area contributed by atoms with Crippen LogP contribution in [0, 0.1) is 10.3 Å². The van der Waals surface area contributed by atoms with Gasteiger partial charge in [-0.25, -0.2) is 0 Å². The van der Waals surface area contributed by atoms with Crippen molar-refractivity contribution in [3.63, 3.8) is 0 Å². The third-order valence-electron chi connectivity index (χ3n) is 2.48. The van der Waals surface area contributed by atoms with Crippen molar-refractivity contribution in [2.75, 3.05) is 13.1 Å². The maximum Gasteiger partial charge on any atom is 0.309 e. The van der Waals surface area contributed by atoms with E-state index in [1.165, 1.54) is 5.01 Å². The number of carboxylic acid groups (broad SMARTS) is 1. The fourth-order valence-corrected chi connectivity index (χ4v) is 1.28. The largest absolute Gasteiger partial charge is 0.481 e. The normalized spacial score (nSPS) is 21.9. The van der Waals surface area contributed by atoms with E-state index in [0.29, 0.717) is 25.9 Å². The molecule has 0 bridgehead atoms. The minimum Gasteiger partial charge on any atom is -0.481 e. The van der Waals surface area contributed by atoms with Gasteiger partial charge in [-0.15, -0.1) is 4.91 Å². The van der Waals surface area contributed by atoms with Crippen molar-refractivity contribution in [2.45, 2.75) is 19.8 Å². The lowest BCUT2D eigenvalue weighted by atomic mass is 9.81. The Morgan fingerprint density at radius 2 is 2.00 bits per heavy atom. The van der Waals surface area contributed by atoms with E-state index < -0.39 is 11.4 Å². The van der Waals surface area contributed by atoms with Crippen LogP contribution in [-0.4, -0.2) is 29.2 Å². The van der Waals surface area contributed by atoms with Crippen LogP contribution in [-0.2, 0) is 4.79 Å². The summed E-state index contributed by atoms with van der Waals surface area (Å²) in [6, 6.07) is 0.